The third-order valence-electron chi connectivity index (χ3n) is 0.918. The first kappa shape index (κ1) is 9.69. The lowest BCUT2D eigenvalue weighted by atomic mass is 10.4. The fourth-order valence-corrected chi connectivity index (χ4v) is 0.651. The van der Waals surface area contributed by atoms with Crippen molar-refractivity contribution in [3.8, 4) is 0 Å². The van der Waals surface area contributed by atoms with E-state index in [4.69, 9.17) is 17.0 Å². The van der Waals surface area contributed by atoms with E-state index < -0.39 is 0 Å². The average Bonchev–Trinajstić information content (AvgIpc) is 1.89. The molecule has 0 spiro atoms. The van der Waals surface area contributed by atoms with Crippen molar-refractivity contribution < 1.29 is 4.74 Å². The van der Waals surface area contributed by atoms with Crippen LogP contribution in [0, 0.1) is 6.61 Å². The summed E-state index contributed by atoms with van der Waals surface area (Å²) in [7, 11) is 0. The second kappa shape index (κ2) is 6.81. The van der Waals surface area contributed by atoms with Crippen LogP contribution in [0.1, 0.15) is 26.7 Å². The molecule has 0 saturated carbocycles. The highest BCUT2D eigenvalue weighted by atomic mass is 32.1. The van der Waals surface area contributed by atoms with Gasteiger partial charge in [-0.25, -0.2) is 0 Å². The highest BCUT2D eigenvalue weighted by molar-refractivity contribution is 7.80. The number of hydrogen-bond donors (Lipinski definition) is 1. The molecule has 0 saturated heterocycles. The number of thiocarbonyl (C=S) groups is 1. The lowest BCUT2D eigenvalue weighted by Gasteiger charge is -2.05. The molecular formula is C7H14NOS. The Morgan fingerprint density at radius 1 is 1.60 bits per heavy atom. The van der Waals surface area contributed by atoms with E-state index in [0.29, 0.717) is 5.17 Å². The zero-order valence-electron chi connectivity index (χ0n) is 6.52. The lowest BCUT2D eigenvalue weighted by Crippen LogP contribution is -2.22. The molecule has 0 atom stereocenters. The molecule has 1 N–H and O–H groups in total. The molecule has 0 bridgehead atoms. The smallest absolute Gasteiger partial charge is 0.257 e. The van der Waals surface area contributed by atoms with Crippen molar-refractivity contribution >= 4 is 17.4 Å². The lowest BCUT2D eigenvalue weighted by molar-refractivity contribution is 0.371. The van der Waals surface area contributed by atoms with Crippen molar-refractivity contribution in [2.45, 2.75) is 26.7 Å². The van der Waals surface area contributed by atoms with Crippen molar-refractivity contribution in [3.05, 3.63) is 6.61 Å². The SMILES string of the molecule is CCC[CH]OC(=S)NCC. The molecule has 0 aliphatic rings. The fourth-order valence-electron chi connectivity index (χ4n) is 0.438. The number of ether oxygens (including phenoxy) is 1. The summed E-state index contributed by atoms with van der Waals surface area (Å²) in [5, 5.41) is 3.35. The van der Waals surface area contributed by atoms with Gasteiger partial charge in [-0.15, -0.1) is 0 Å². The Balaban J connectivity index is 3.05. The molecular weight excluding hydrogens is 146 g/mol. The second-order valence-electron chi connectivity index (χ2n) is 1.89. The van der Waals surface area contributed by atoms with Gasteiger partial charge in [0.1, 0.15) is 6.61 Å². The van der Waals surface area contributed by atoms with Gasteiger partial charge in [0.15, 0.2) is 0 Å². The van der Waals surface area contributed by atoms with Gasteiger partial charge in [0.05, 0.1) is 0 Å². The maximum Gasteiger partial charge on any atom is 0.257 e. The first-order valence-corrected chi connectivity index (χ1v) is 3.98. The third kappa shape index (κ3) is 5.82. The summed E-state index contributed by atoms with van der Waals surface area (Å²) in [4.78, 5) is 0. The highest BCUT2D eigenvalue weighted by Crippen LogP contribution is 1.93. The van der Waals surface area contributed by atoms with Crippen LogP contribution in [0.5, 0.6) is 0 Å². The van der Waals surface area contributed by atoms with Crippen molar-refractivity contribution in [1.82, 2.24) is 5.32 Å². The quantitative estimate of drug-likeness (QED) is 0.501. The average molecular weight is 160 g/mol. The summed E-state index contributed by atoms with van der Waals surface area (Å²) in [6.07, 6.45) is 2.04. The molecule has 0 aromatic rings. The van der Waals surface area contributed by atoms with Crippen molar-refractivity contribution in [3.63, 3.8) is 0 Å². The van der Waals surface area contributed by atoms with Crippen molar-refractivity contribution in [2.75, 3.05) is 6.54 Å². The summed E-state index contributed by atoms with van der Waals surface area (Å²) in [6.45, 7) is 6.62. The standard InChI is InChI=1S/C7H14NOS/c1-3-5-6-9-7(10)8-4-2/h6H,3-5H2,1-2H3,(H,8,10). The van der Waals surface area contributed by atoms with E-state index in [1.807, 2.05) is 6.92 Å². The predicted octanol–water partition coefficient (Wildman–Crippen LogP) is 1.86. The number of unbranched alkanes of at least 4 members (excludes halogenated alkanes) is 1. The van der Waals surface area contributed by atoms with Gasteiger partial charge in [-0.05, 0) is 25.6 Å². The third-order valence-corrected chi connectivity index (χ3v) is 1.16. The van der Waals surface area contributed by atoms with Crippen LogP contribution in [0.2, 0.25) is 0 Å². The van der Waals surface area contributed by atoms with Crippen LogP contribution in [0.25, 0.3) is 0 Å². The molecule has 0 aromatic heterocycles. The molecule has 2 nitrogen and oxygen atoms in total. The van der Waals surface area contributed by atoms with E-state index in [1.54, 1.807) is 6.61 Å². The number of nitrogens with one attached hydrogen (secondary N) is 1. The topological polar surface area (TPSA) is 21.3 Å². The largest absolute Gasteiger partial charge is 0.464 e. The van der Waals surface area contributed by atoms with Crippen LogP contribution in [0.4, 0.5) is 0 Å². The summed E-state index contributed by atoms with van der Waals surface area (Å²) < 4.78 is 5.02. The van der Waals surface area contributed by atoms with E-state index >= 15 is 0 Å². The Hall–Kier alpha value is -0.310. The van der Waals surface area contributed by atoms with Gasteiger partial charge in [-0.3, -0.25) is 0 Å². The normalized spacial score (nSPS) is 9.00. The summed E-state index contributed by atoms with van der Waals surface area (Å²) in [6, 6.07) is 0. The molecule has 0 rings (SSSR count). The molecule has 10 heavy (non-hydrogen) atoms. The Morgan fingerprint density at radius 2 is 2.30 bits per heavy atom. The van der Waals surface area contributed by atoms with Crippen LogP contribution in [0.3, 0.4) is 0 Å². The van der Waals surface area contributed by atoms with Crippen molar-refractivity contribution in [2.24, 2.45) is 0 Å². The van der Waals surface area contributed by atoms with Crippen LogP contribution in [-0.2, 0) is 4.74 Å². The molecule has 0 unspecified atom stereocenters. The number of hydrogen-bond acceptors (Lipinski definition) is 2. The highest BCUT2D eigenvalue weighted by Gasteiger charge is 1.92. The summed E-state index contributed by atoms with van der Waals surface area (Å²) >= 11 is 4.80. The van der Waals surface area contributed by atoms with Crippen LogP contribution in [-0.4, -0.2) is 11.7 Å². The predicted molar refractivity (Wildman–Crippen MR) is 46.6 cm³/mol. The molecule has 0 aliphatic carbocycles. The van der Waals surface area contributed by atoms with Crippen LogP contribution in [0.15, 0.2) is 0 Å². The summed E-state index contributed by atoms with van der Waals surface area (Å²) in [5.74, 6) is 0. The van der Waals surface area contributed by atoms with E-state index in [2.05, 4.69) is 12.2 Å². The van der Waals surface area contributed by atoms with Gasteiger partial charge in [-0.2, -0.15) is 0 Å². The molecule has 59 valence electrons. The molecule has 0 heterocycles. The van der Waals surface area contributed by atoms with Crippen LogP contribution < -0.4 is 5.32 Å². The van der Waals surface area contributed by atoms with E-state index in [-0.39, 0.29) is 0 Å². The van der Waals surface area contributed by atoms with Gasteiger partial charge >= 0.3 is 0 Å². The van der Waals surface area contributed by atoms with Crippen LogP contribution >= 0.6 is 12.2 Å². The fraction of sp³-hybridized carbons (Fsp3) is 0.714. The van der Waals surface area contributed by atoms with Gasteiger partial charge in [-0.1, -0.05) is 13.3 Å². The van der Waals surface area contributed by atoms with E-state index in [1.165, 1.54) is 0 Å². The minimum atomic E-state index is 0.468. The Bertz CT molecular complexity index is 95.6. The van der Waals surface area contributed by atoms with E-state index in [0.717, 1.165) is 19.4 Å². The minimum Gasteiger partial charge on any atom is -0.464 e. The van der Waals surface area contributed by atoms with Gasteiger partial charge in [0.25, 0.3) is 5.17 Å². The maximum atomic E-state index is 5.02. The Kier molecular flexibility index (Phi) is 6.59. The van der Waals surface area contributed by atoms with Gasteiger partial charge in [0, 0.05) is 6.54 Å². The monoisotopic (exact) mass is 160 g/mol. The molecule has 0 aromatic carbocycles. The van der Waals surface area contributed by atoms with Gasteiger partial charge < -0.3 is 10.1 Å². The first-order valence-electron chi connectivity index (χ1n) is 3.57. The van der Waals surface area contributed by atoms with E-state index in [9.17, 15) is 0 Å². The summed E-state index contributed by atoms with van der Waals surface area (Å²) in [5.41, 5.74) is 0. The zero-order chi connectivity index (χ0) is 7.82. The number of rotatable bonds is 4. The second-order valence-corrected chi connectivity index (χ2v) is 2.26. The first-order chi connectivity index (χ1) is 4.81. The minimum absolute atomic E-state index is 0.468. The Labute approximate surface area is 68.0 Å². The molecule has 0 aliphatic heterocycles. The molecule has 1 radical (unpaired) electrons. The van der Waals surface area contributed by atoms with Gasteiger partial charge in [0.2, 0.25) is 0 Å². The molecule has 3 heteroatoms. The zero-order valence-corrected chi connectivity index (χ0v) is 7.33. The maximum absolute atomic E-state index is 5.02. The Morgan fingerprint density at radius 3 is 2.80 bits per heavy atom. The molecule has 0 fully saturated rings. The van der Waals surface area contributed by atoms with Crippen molar-refractivity contribution in [1.29, 1.82) is 0 Å². The molecule has 0 amide bonds.